The molecule has 0 aliphatic rings. The number of aliphatic hydroxyl groups excluding tert-OH is 1. The highest BCUT2D eigenvalue weighted by Crippen LogP contribution is 2.14. The first-order valence-electron chi connectivity index (χ1n) is 5.71. The number of halogens is 1. The molecule has 1 rings (SSSR count). The van der Waals surface area contributed by atoms with Gasteiger partial charge in [0.25, 0.3) is 0 Å². The summed E-state index contributed by atoms with van der Waals surface area (Å²) < 4.78 is 6.55. The van der Waals surface area contributed by atoms with Gasteiger partial charge in [-0.1, -0.05) is 35.0 Å². The number of benzene rings is 1. The van der Waals surface area contributed by atoms with Crippen molar-refractivity contribution in [2.24, 2.45) is 0 Å². The Kier molecular flexibility index (Phi) is 6.03. The van der Waals surface area contributed by atoms with Crippen molar-refractivity contribution >= 4 is 15.9 Å². The predicted molar refractivity (Wildman–Crippen MR) is 69.6 cm³/mol. The van der Waals surface area contributed by atoms with Crippen LogP contribution in [0.1, 0.15) is 25.8 Å². The fourth-order valence-corrected chi connectivity index (χ4v) is 1.97. The molecule has 0 saturated carbocycles. The maximum atomic E-state index is 10.0. The van der Waals surface area contributed by atoms with E-state index in [1.54, 1.807) is 0 Å². The van der Waals surface area contributed by atoms with Crippen molar-refractivity contribution in [1.82, 2.24) is 0 Å². The Morgan fingerprint density at radius 1 is 1.25 bits per heavy atom. The van der Waals surface area contributed by atoms with Gasteiger partial charge in [0.2, 0.25) is 0 Å². The van der Waals surface area contributed by atoms with E-state index in [0.717, 1.165) is 16.5 Å². The molecule has 0 amide bonds. The van der Waals surface area contributed by atoms with Gasteiger partial charge in [0, 0.05) is 17.5 Å². The molecule has 1 N–H and O–H groups in total. The van der Waals surface area contributed by atoms with Crippen molar-refractivity contribution in [3.05, 3.63) is 34.3 Å². The van der Waals surface area contributed by atoms with E-state index in [1.807, 2.05) is 38.1 Å². The first kappa shape index (κ1) is 13.7. The monoisotopic (exact) mass is 286 g/mol. The average molecular weight is 287 g/mol. The van der Waals surface area contributed by atoms with E-state index in [4.69, 9.17) is 4.74 Å². The van der Waals surface area contributed by atoms with Crippen LogP contribution in [0.5, 0.6) is 0 Å². The van der Waals surface area contributed by atoms with Crippen LogP contribution >= 0.6 is 15.9 Å². The zero-order valence-corrected chi connectivity index (χ0v) is 11.4. The van der Waals surface area contributed by atoms with Crippen LogP contribution in [0.25, 0.3) is 0 Å². The molecule has 1 aromatic rings. The maximum Gasteiger partial charge on any atom is 0.0841 e. The van der Waals surface area contributed by atoms with E-state index in [9.17, 15) is 5.11 Å². The lowest BCUT2D eigenvalue weighted by Crippen LogP contribution is -2.30. The second kappa shape index (κ2) is 7.05. The molecule has 0 spiro atoms. The molecular weight excluding hydrogens is 268 g/mol. The van der Waals surface area contributed by atoms with Gasteiger partial charge in [-0.15, -0.1) is 0 Å². The zero-order valence-electron chi connectivity index (χ0n) is 9.82. The van der Waals surface area contributed by atoms with Crippen LogP contribution in [-0.2, 0) is 11.2 Å². The summed E-state index contributed by atoms with van der Waals surface area (Å²) in [4.78, 5) is 0. The lowest BCUT2D eigenvalue weighted by Gasteiger charge is -2.21. The Morgan fingerprint density at radius 3 is 2.38 bits per heavy atom. The fourth-order valence-electron chi connectivity index (χ4n) is 1.71. The molecule has 1 aromatic carbocycles. The van der Waals surface area contributed by atoms with Gasteiger partial charge in [-0.25, -0.2) is 0 Å². The molecule has 2 nitrogen and oxygen atoms in total. The highest BCUT2D eigenvalue weighted by atomic mass is 79.9. The Morgan fingerprint density at radius 2 is 1.88 bits per heavy atom. The largest absolute Gasteiger partial charge is 0.390 e. The van der Waals surface area contributed by atoms with Crippen molar-refractivity contribution in [1.29, 1.82) is 0 Å². The minimum Gasteiger partial charge on any atom is -0.390 e. The van der Waals surface area contributed by atoms with Crippen LogP contribution in [0.2, 0.25) is 0 Å². The van der Waals surface area contributed by atoms with E-state index in [2.05, 4.69) is 15.9 Å². The summed E-state index contributed by atoms with van der Waals surface area (Å²) in [5.74, 6) is 0. The van der Waals surface area contributed by atoms with Gasteiger partial charge in [-0.2, -0.15) is 0 Å². The number of rotatable bonds is 6. The lowest BCUT2D eigenvalue weighted by atomic mass is 10.0. The maximum absolute atomic E-state index is 10.0. The van der Waals surface area contributed by atoms with Crippen molar-refractivity contribution in [2.45, 2.75) is 38.9 Å². The summed E-state index contributed by atoms with van der Waals surface area (Å²) in [5, 5.41) is 10.0. The van der Waals surface area contributed by atoms with E-state index in [-0.39, 0.29) is 6.10 Å². The number of hydrogen-bond acceptors (Lipinski definition) is 2. The summed E-state index contributed by atoms with van der Waals surface area (Å²) in [6.07, 6.45) is 0.997. The Labute approximate surface area is 106 Å². The Hall–Kier alpha value is -0.380. The minimum atomic E-state index is -0.425. The second-order valence-corrected chi connectivity index (χ2v) is 4.72. The molecule has 0 saturated heterocycles. The molecule has 0 aliphatic heterocycles. The van der Waals surface area contributed by atoms with Crippen molar-refractivity contribution in [3.63, 3.8) is 0 Å². The van der Waals surface area contributed by atoms with Gasteiger partial charge in [-0.05, 0) is 31.0 Å². The van der Waals surface area contributed by atoms with Crippen molar-refractivity contribution < 1.29 is 9.84 Å². The lowest BCUT2D eigenvalue weighted by molar-refractivity contribution is -0.0334. The molecule has 0 fully saturated rings. The molecule has 0 aromatic heterocycles. The van der Waals surface area contributed by atoms with Crippen LogP contribution in [0.15, 0.2) is 28.7 Å². The highest BCUT2D eigenvalue weighted by Gasteiger charge is 2.17. The average Bonchev–Trinajstić information content (AvgIpc) is 2.29. The van der Waals surface area contributed by atoms with Crippen LogP contribution in [0.3, 0.4) is 0 Å². The molecule has 0 bridgehead atoms. The summed E-state index contributed by atoms with van der Waals surface area (Å²) in [7, 11) is 0. The minimum absolute atomic E-state index is 0.0614. The summed E-state index contributed by atoms with van der Waals surface area (Å²) in [6, 6.07) is 8.02. The second-order valence-electron chi connectivity index (χ2n) is 3.80. The van der Waals surface area contributed by atoms with Crippen LogP contribution in [0, 0.1) is 0 Å². The van der Waals surface area contributed by atoms with Crippen molar-refractivity contribution in [3.8, 4) is 0 Å². The van der Waals surface area contributed by atoms with Gasteiger partial charge in [-0.3, -0.25) is 0 Å². The van der Waals surface area contributed by atoms with Gasteiger partial charge >= 0.3 is 0 Å². The SMILES string of the molecule is CCOC(CC)C(O)Cc1ccc(Br)cc1. The molecule has 2 unspecified atom stereocenters. The van der Waals surface area contributed by atoms with E-state index in [0.29, 0.717) is 13.0 Å². The van der Waals surface area contributed by atoms with E-state index in [1.165, 1.54) is 0 Å². The number of aliphatic hydroxyl groups is 1. The third-order valence-corrected chi connectivity index (χ3v) is 3.10. The molecular formula is C13H19BrO2. The number of ether oxygens (including phenoxy) is 1. The van der Waals surface area contributed by atoms with Gasteiger partial charge in [0.05, 0.1) is 12.2 Å². The third kappa shape index (κ3) is 4.24. The van der Waals surface area contributed by atoms with E-state index >= 15 is 0 Å². The molecule has 0 aliphatic carbocycles. The molecule has 90 valence electrons. The quantitative estimate of drug-likeness (QED) is 0.871. The topological polar surface area (TPSA) is 29.5 Å². The zero-order chi connectivity index (χ0) is 12.0. The van der Waals surface area contributed by atoms with E-state index < -0.39 is 6.10 Å². The first-order chi connectivity index (χ1) is 7.67. The van der Waals surface area contributed by atoms with Crippen LogP contribution < -0.4 is 0 Å². The molecule has 3 heteroatoms. The van der Waals surface area contributed by atoms with Crippen LogP contribution in [-0.4, -0.2) is 23.9 Å². The summed E-state index contributed by atoms with van der Waals surface area (Å²) >= 11 is 3.39. The van der Waals surface area contributed by atoms with Crippen LogP contribution in [0.4, 0.5) is 0 Å². The number of hydrogen-bond donors (Lipinski definition) is 1. The molecule has 0 heterocycles. The molecule has 2 atom stereocenters. The Balaban J connectivity index is 2.55. The Bertz CT molecular complexity index is 297. The third-order valence-electron chi connectivity index (χ3n) is 2.57. The first-order valence-corrected chi connectivity index (χ1v) is 6.50. The standard InChI is InChI=1S/C13H19BrO2/c1-3-13(16-4-2)12(15)9-10-5-7-11(14)8-6-10/h5-8,12-13,15H,3-4,9H2,1-2H3. The summed E-state index contributed by atoms with van der Waals surface area (Å²) in [5.41, 5.74) is 1.13. The van der Waals surface area contributed by atoms with Crippen molar-refractivity contribution in [2.75, 3.05) is 6.61 Å². The van der Waals surface area contributed by atoms with Gasteiger partial charge in [0.1, 0.15) is 0 Å². The normalized spacial score (nSPS) is 14.8. The summed E-state index contributed by atoms with van der Waals surface area (Å²) in [6.45, 7) is 4.63. The van der Waals surface area contributed by atoms with Gasteiger partial charge < -0.3 is 9.84 Å². The fraction of sp³-hybridized carbons (Fsp3) is 0.538. The van der Waals surface area contributed by atoms with Gasteiger partial charge in [0.15, 0.2) is 0 Å². The molecule has 0 radical (unpaired) electrons. The molecule has 16 heavy (non-hydrogen) atoms. The predicted octanol–water partition coefficient (Wildman–Crippen LogP) is 3.17. The highest BCUT2D eigenvalue weighted by molar-refractivity contribution is 9.10. The smallest absolute Gasteiger partial charge is 0.0841 e.